The lowest BCUT2D eigenvalue weighted by Gasteiger charge is -2.16. The van der Waals surface area contributed by atoms with Gasteiger partial charge in [-0.3, -0.25) is 0 Å². The van der Waals surface area contributed by atoms with Gasteiger partial charge in [-0.25, -0.2) is 0 Å². The number of benzene rings is 1. The van der Waals surface area contributed by atoms with Gasteiger partial charge in [-0.1, -0.05) is 0 Å². The lowest BCUT2D eigenvalue weighted by molar-refractivity contribution is 0.487. The largest absolute Gasteiger partial charge is 0.380 e. The Morgan fingerprint density at radius 3 is 2.88 bits per heavy atom. The molecule has 88 valence electrons. The van der Waals surface area contributed by atoms with Crippen molar-refractivity contribution in [3.05, 3.63) is 23.8 Å². The van der Waals surface area contributed by atoms with E-state index in [2.05, 4.69) is 16.0 Å². The van der Waals surface area contributed by atoms with E-state index in [1.54, 1.807) is 12.1 Å². The summed E-state index contributed by atoms with van der Waals surface area (Å²) >= 11 is 0. The number of fused-ring (bicyclic) bond motifs is 1. The molecule has 1 aliphatic rings. The van der Waals surface area contributed by atoms with Crippen LogP contribution in [0.4, 0.5) is 5.69 Å². The summed E-state index contributed by atoms with van der Waals surface area (Å²) in [4.78, 5) is 2.23. The lowest BCUT2D eigenvalue weighted by atomic mass is 10.1. The molecule has 0 bridgehead atoms. The van der Waals surface area contributed by atoms with Gasteiger partial charge in [0.1, 0.15) is 5.75 Å². The van der Waals surface area contributed by atoms with Crippen LogP contribution in [0.3, 0.4) is 0 Å². The molecule has 0 saturated carbocycles. The van der Waals surface area contributed by atoms with Gasteiger partial charge in [0.25, 0.3) is 0 Å². The predicted octanol–water partition coefficient (Wildman–Crippen LogP) is 0.651. The van der Waals surface area contributed by atoms with E-state index in [4.69, 9.17) is 5.14 Å². The zero-order valence-corrected chi connectivity index (χ0v) is 9.83. The number of hydrogen-bond acceptors (Lipinski definition) is 4. The molecule has 1 aromatic carbocycles. The Morgan fingerprint density at radius 1 is 1.50 bits per heavy atom. The van der Waals surface area contributed by atoms with Gasteiger partial charge in [0.05, 0.1) is 0 Å². The average Bonchev–Trinajstić information content (AvgIpc) is 2.57. The van der Waals surface area contributed by atoms with Crippen molar-refractivity contribution in [1.82, 2.24) is 0 Å². The smallest absolute Gasteiger partial charge is 0.371 e. The molecule has 0 aromatic heterocycles. The Balaban J connectivity index is 2.28. The van der Waals surface area contributed by atoms with Crippen LogP contribution in [0.2, 0.25) is 0 Å². The Hall–Kier alpha value is -1.27. The third-order valence-electron chi connectivity index (χ3n) is 2.64. The van der Waals surface area contributed by atoms with E-state index in [1.165, 1.54) is 0 Å². The molecule has 2 rings (SSSR count). The monoisotopic (exact) mass is 242 g/mol. The molecule has 0 radical (unpaired) electrons. The highest BCUT2D eigenvalue weighted by molar-refractivity contribution is 7.84. The topological polar surface area (TPSA) is 72.6 Å². The first kappa shape index (κ1) is 11.2. The fourth-order valence-electron chi connectivity index (χ4n) is 1.96. The first-order valence-electron chi connectivity index (χ1n) is 5.09. The maximum atomic E-state index is 10.8. The summed E-state index contributed by atoms with van der Waals surface area (Å²) in [6.45, 7) is 4.00. The molecule has 1 aromatic rings. The molecule has 0 amide bonds. The van der Waals surface area contributed by atoms with Gasteiger partial charge in [0, 0.05) is 18.8 Å². The minimum atomic E-state index is -3.93. The summed E-state index contributed by atoms with van der Waals surface area (Å²) in [6, 6.07) is 5.22. The van der Waals surface area contributed by atoms with E-state index < -0.39 is 10.3 Å². The number of hydrogen-bond donors (Lipinski definition) is 1. The highest BCUT2D eigenvalue weighted by Crippen LogP contribution is 2.31. The molecule has 0 aliphatic carbocycles. The maximum Gasteiger partial charge on any atom is 0.380 e. The lowest BCUT2D eigenvalue weighted by Crippen LogP contribution is -2.19. The number of likely N-dealkylation sites (N-methyl/N-ethyl adjacent to an activating group) is 1. The van der Waals surface area contributed by atoms with Crippen LogP contribution in [-0.4, -0.2) is 21.5 Å². The Labute approximate surface area is 95.1 Å². The molecule has 0 atom stereocenters. The molecular weight excluding hydrogens is 228 g/mol. The molecule has 16 heavy (non-hydrogen) atoms. The second-order valence-corrected chi connectivity index (χ2v) is 4.85. The van der Waals surface area contributed by atoms with Gasteiger partial charge in [0.2, 0.25) is 0 Å². The fraction of sp³-hybridized carbons (Fsp3) is 0.400. The highest BCUT2D eigenvalue weighted by Gasteiger charge is 2.18. The van der Waals surface area contributed by atoms with E-state index in [-0.39, 0.29) is 5.75 Å². The molecule has 2 N–H and O–H groups in total. The summed E-state index contributed by atoms with van der Waals surface area (Å²) in [6.07, 6.45) is 0.908. The number of anilines is 1. The predicted molar refractivity (Wildman–Crippen MR) is 61.8 cm³/mol. The van der Waals surface area contributed by atoms with Crippen LogP contribution in [0, 0.1) is 0 Å². The average molecular weight is 242 g/mol. The van der Waals surface area contributed by atoms with Crippen molar-refractivity contribution in [3.63, 3.8) is 0 Å². The minimum absolute atomic E-state index is 0.277. The molecule has 1 heterocycles. The molecule has 0 unspecified atom stereocenters. The SMILES string of the molecule is CCN1CCc2cc(OS(N)(=O)=O)ccc21. The van der Waals surface area contributed by atoms with Crippen molar-refractivity contribution < 1.29 is 12.6 Å². The Kier molecular flexibility index (Phi) is 2.77. The molecule has 5 nitrogen and oxygen atoms in total. The first-order valence-corrected chi connectivity index (χ1v) is 6.57. The van der Waals surface area contributed by atoms with Gasteiger partial charge in [-0.05, 0) is 37.1 Å². The Morgan fingerprint density at radius 2 is 2.25 bits per heavy atom. The van der Waals surface area contributed by atoms with Gasteiger partial charge < -0.3 is 9.08 Å². The van der Waals surface area contributed by atoms with Crippen molar-refractivity contribution in [2.45, 2.75) is 13.3 Å². The van der Waals surface area contributed by atoms with Crippen molar-refractivity contribution >= 4 is 16.0 Å². The van der Waals surface area contributed by atoms with Crippen LogP contribution in [-0.2, 0) is 16.7 Å². The number of rotatable bonds is 3. The summed E-state index contributed by atoms with van der Waals surface area (Å²) in [5.74, 6) is 0.277. The molecule has 1 aliphatic heterocycles. The summed E-state index contributed by atoms with van der Waals surface area (Å²) in [7, 11) is -3.93. The van der Waals surface area contributed by atoms with E-state index in [1.807, 2.05) is 6.07 Å². The van der Waals surface area contributed by atoms with Gasteiger partial charge in [-0.15, -0.1) is 0 Å². The third kappa shape index (κ3) is 2.28. The second kappa shape index (κ2) is 3.95. The summed E-state index contributed by atoms with van der Waals surface area (Å²) in [5, 5.41) is 4.81. The van der Waals surface area contributed by atoms with Crippen LogP contribution in [0.15, 0.2) is 18.2 Å². The highest BCUT2D eigenvalue weighted by atomic mass is 32.2. The molecule has 0 spiro atoms. The zero-order chi connectivity index (χ0) is 11.8. The zero-order valence-electron chi connectivity index (χ0n) is 9.01. The molecular formula is C10H14N2O3S. The van der Waals surface area contributed by atoms with Gasteiger partial charge >= 0.3 is 10.3 Å². The summed E-state index contributed by atoms with van der Waals surface area (Å²) < 4.78 is 26.2. The molecule has 0 fully saturated rings. The van der Waals surface area contributed by atoms with Crippen molar-refractivity contribution in [2.75, 3.05) is 18.0 Å². The van der Waals surface area contributed by atoms with Crippen LogP contribution in [0.5, 0.6) is 5.75 Å². The van der Waals surface area contributed by atoms with E-state index in [9.17, 15) is 8.42 Å². The van der Waals surface area contributed by atoms with Crippen LogP contribution in [0.25, 0.3) is 0 Å². The maximum absolute atomic E-state index is 10.8. The van der Waals surface area contributed by atoms with Crippen molar-refractivity contribution in [3.8, 4) is 5.75 Å². The van der Waals surface area contributed by atoms with E-state index >= 15 is 0 Å². The van der Waals surface area contributed by atoms with Gasteiger partial charge in [0.15, 0.2) is 0 Å². The number of nitrogens with two attached hydrogens (primary N) is 1. The van der Waals surface area contributed by atoms with Crippen LogP contribution in [0.1, 0.15) is 12.5 Å². The first-order chi connectivity index (χ1) is 7.49. The van der Waals surface area contributed by atoms with E-state index in [0.29, 0.717) is 0 Å². The summed E-state index contributed by atoms with van der Waals surface area (Å²) in [5.41, 5.74) is 2.24. The fourth-order valence-corrected chi connectivity index (χ4v) is 2.33. The van der Waals surface area contributed by atoms with Crippen molar-refractivity contribution in [1.29, 1.82) is 0 Å². The normalized spacial score (nSPS) is 15.0. The molecule has 6 heteroatoms. The molecule has 0 saturated heterocycles. The van der Waals surface area contributed by atoms with Crippen molar-refractivity contribution in [2.24, 2.45) is 5.14 Å². The van der Waals surface area contributed by atoms with Crippen LogP contribution < -0.4 is 14.2 Å². The van der Waals surface area contributed by atoms with Gasteiger partial charge in [-0.2, -0.15) is 13.6 Å². The van der Waals surface area contributed by atoms with Crippen LogP contribution >= 0.6 is 0 Å². The third-order valence-corrected chi connectivity index (χ3v) is 3.06. The minimum Gasteiger partial charge on any atom is -0.371 e. The number of nitrogens with zero attached hydrogens (tertiary/aromatic N) is 1. The Bertz CT molecular complexity index is 499. The quantitative estimate of drug-likeness (QED) is 0.844. The van der Waals surface area contributed by atoms with E-state index in [0.717, 1.165) is 30.8 Å². The standard InChI is InChI=1S/C10H14N2O3S/c1-2-12-6-5-8-7-9(3-4-10(8)12)15-16(11,13)14/h3-4,7H,2,5-6H2,1H3,(H2,11,13,14). The second-order valence-electron chi connectivity index (χ2n) is 3.70.